The van der Waals surface area contributed by atoms with E-state index in [1.54, 1.807) is 92.6 Å². The summed E-state index contributed by atoms with van der Waals surface area (Å²) >= 11 is 0. The number of esters is 1. The second kappa shape index (κ2) is 35.6. The lowest BCUT2D eigenvalue weighted by atomic mass is 9.96. The predicted octanol–water partition coefficient (Wildman–Crippen LogP) is 0.804. The van der Waals surface area contributed by atoms with Crippen LogP contribution in [-0.2, 0) is 59.2 Å². The number of nitrogens with two attached hydrogens (primary N) is 3. The van der Waals surface area contributed by atoms with Crippen LogP contribution in [0.4, 0.5) is 9.59 Å². The summed E-state index contributed by atoms with van der Waals surface area (Å²) in [5, 5.41) is 49.9. The second-order valence-corrected chi connectivity index (χ2v) is 24.1. The summed E-state index contributed by atoms with van der Waals surface area (Å²) in [6.07, 6.45) is -4.88. The molecule has 0 unspecified atom stereocenters. The molecule has 1 aliphatic carbocycles. The standard InChI is InChI=1S/C63H92N12O16/c1-11-36(6)49(72-53(80)45(26-19-27-67-60(65)66)70-54(81)46(28-34(2)3)71-57(84)51(52(79)35(4)5)74-62(88)91-63(8,9)10)56(83)73-50(37(7)77)55(82)68-30-48(78)75(47(31-76)59(86)89-32-38-20-13-12-14-21-38)58(85)44(64)29-69-61(87)90-33-43-41-24-17-15-22-39(41)40-23-16-18-25-42(40)43/h12-18,20-25,34-37,43-47,49-52,76-77,79H,11,19,26-33,64H2,1-10H3,(H,68,82)(H,69,87)(H,70,81)(H,71,84)(H,72,80)(H,73,83)(H,74,88)(H4,65,66,67)/t36-,37-,44-,45+,46-,47-,49-,50-,51-,52+/m0/s1. The fourth-order valence-electron chi connectivity index (χ4n) is 9.74. The molecule has 10 atom stereocenters. The zero-order chi connectivity index (χ0) is 67.9. The molecule has 0 aromatic heterocycles. The van der Waals surface area contributed by atoms with Crippen molar-refractivity contribution in [2.45, 2.75) is 168 Å². The summed E-state index contributed by atoms with van der Waals surface area (Å²) in [5.41, 5.74) is 20.7. The molecule has 28 nitrogen and oxygen atoms in total. The van der Waals surface area contributed by atoms with E-state index in [1.165, 1.54) is 0 Å². The largest absolute Gasteiger partial charge is 0.459 e. The molecule has 0 saturated carbocycles. The van der Waals surface area contributed by atoms with Crippen molar-refractivity contribution in [3.63, 3.8) is 0 Å². The Morgan fingerprint density at radius 1 is 0.670 bits per heavy atom. The van der Waals surface area contributed by atoms with E-state index in [9.17, 15) is 63.3 Å². The number of guanidine groups is 1. The molecule has 0 aliphatic heterocycles. The van der Waals surface area contributed by atoms with Gasteiger partial charge in [0.25, 0.3) is 0 Å². The minimum absolute atomic E-state index is 0.000790. The molecule has 4 rings (SSSR count). The Bertz CT molecular complexity index is 2960. The van der Waals surface area contributed by atoms with Crippen molar-refractivity contribution in [3.05, 3.63) is 95.6 Å². The minimum atomic E-state index is -2.04. The number of fused-ring (bicyclic) bond motifs is 3. The number of aliphatic hydroxyl groups excluding tert-OH is 3. The molecular formula is C63H92N12O16. The van der Waals surface area contributed by atoms with Gasteiger partial charge in [0.15, 0.2) is 12.0 Å². The average molecular weight is 1270 g/mol. The van der Waals surface area contributed by atoms with E-state index >= 15 is 0 Å². The van der Waals surface area contributed by atoms with Crippen LogP contribution < -0.4 is 54.4 Å². The number of alkyl carbamates (subject to hydrolysis) is 2. The van der Waals surface area contributed by atoms with Gasteiger partial charge < -0.3 is 83.9 Å². The third-order valence-electron chi connectivity index (χ3n) is 14.8. The highest BCUT2D eigenvalue weighted by molar-refractivity contribution is 6.04. The van der Waals surface area contributed by atoms with Crippen molar-refractivity contribution >= 4 is 65.5 Å². The van der Waals surface area contributed by atoms with Gasteiger partial charge >= 0.3 is 18.2 Å². The van der Waals surface area contributed by atoms with Gasteiger partial charge in [-0.05, 0) is 92.5 Å². The highest BCUT2D eigenvalue weighted by atomic mass is 16.6. The van der Waals surface area contributed by atoms with Crippen LogP contribution in [0.15, 0.2) is 83.9 Å². The predicted molar refractivity (Wildman–Crippen MR) is 335 cm³/mol. The Balaban J connectivity index is 1.53. The van der Waals surface area contributed by atoms with Crippen molar-refractivity contribution in [3.8, 4) is 11.1 Å². The van der Waals surface area contributed by atoms with Crippen molar-refractivity contribution < 1.29 is 77.5 Å². The molecule has 9 amide bonds. The fraction of sp³-hybridized carbons (Fsp3) is 0.540. The van der Waals surface area contributed by atoms with Crippen LogP contribution in [0.5, 0.6) is 0 Å². The number of aliphatic hydroxyl groups is 3. The summed E-state index contributed by atoms with van der Waals surface area (Å²) in [7, 11) is 0. The maximum atomic E-state index is 14.4. The quantitative estimate of drug-likeness (QED) is 0.0132. The molecule has 0 fully saturated rings. The molecule has 16 N–H and O–H groups in total. The number of amides is 9. The normalized spacial score (nSPS) is 15.2. The van der Waals surface area contributed by atoms with Gasteiger partial charge in [0, 0.05) is 19.0 Å². The summed E-state index contributed by atoms with van der Waals surface area (Å²) in [6.45, 7) is 12.7. The number of hydrogen-bond acceptors (Lipinski definition) is 18. The Kier molecular flexibility index (Phi) is 29.2. The molecule has 0 spiro atoms. The highest BCUT2D eigenvalue weighted by Crippen LogP contribution is 2.44. The molecule has 0 heterocycles. The number of carbonyl (C=O) groups excluding carboxylic acids is 10. The number of aliphatic imine (C=N–C) groups is 1. The smallest absolute Gasteiger partial charge is 0.408 e. The van der Waals surface area contributed by atoms with Crippen LogP contribution >= 0.6 is 0 Å². The molecule has 0 radical (unpaired) electrons. The van der Waals surface area contributed by atoms with Gasteiger partial charge in [-0.25, -0.2) is 14.4 Å². The lowest BCUT2D eigenvalue weighted by Crippen LogP contribution is -2.62. The zero-order valence-electron chi connectivity index (χ0n) is 53.4. The highest BCUT2D eigenvalue weighted by Gasteiger charge is 2.41. The van der Waals surface area contributed by atoms with Crippen molar-refractivity contribution in [2.24, 2.45) is 39.9 Å². The number of rotatable bonds is 33. The van der Waals surface area contributed by atoms with Gasteiger partial charge in [-0.15, -0.1) is 0 Å². The number of nitrogens with one attached hydrogen (secondary N) is 7. The summed E-state index contributed by atoms with van der Waals surface area (Å²) < 4.78 is 16.3. The van der Waals surface area contributed by atoms with Gasteiger partial charge in [0.2, 0.25) is 41.4 Å². The molecule has 91 heavy (non-hydrogen) atoms. The third-order valence-corrected chi connectivity index (χ3v) is 14.8. The van der Waals surface area contributed by atoms with E-state index in [0.717, 1.165) is 29.2 Å². The fourth-order valence-corrected chi connectivity index (χ4v) is 9.74. The molecule has 28 heteroatoms. The Morgan fingerprint density at radius 2 is 1.23 bits per heavy atom. The maximum Gasteiger partial charge on any atom is 0.408 e. The summed E-state index contributed by atoms with van der Waals surface area (Å²) in [6, 6.07) is 12.1. The Morgan fingerprint density at radius 3 is 1.78 bits per heavy atom. The molecular weight excluding hydrogens is 1180 g/mol. The molecule has 3 aromatic rings. The lowest BCUT2D eigenvalue weighted by molar-refractivity contribution is -0.164. The van der Waals surface area contributed by atoms with Gasteiger partial charge in [0.05, 0.1) is 25.4 Å². The first kappa shape index (κ1) is 74.7. The summed E-state index contributed by atoms with van der Waals surface area (Å²) in [4.78, 5) is 143. The van der Waals surface area contributed by atoms with Gasteiger partial charge in [-0.2, -0.15) is 0 Å². The number of benzene rings is 3. The van der Waals surface area contributed by atoms with Crippen molar-refractivity contribution in [2.75, 3.05) is 32.8 Å². The summed E-state index contributed by atoms with van der Waals surface area (Å²) in [5.74, 6) is -10.8. The van der Waals surface area contributed by atoms with Crippen molar-refractivity contribution in [1.82, 2.24) is 42.1 Å². The molecule has 0 saturated heterocycles. The molecule has 0 bridgehead atoms. The van der Waals surface area contributed by atoms with Crippen LogP contribution in [0.3, 0.4) is 0 Å². The monoisotopic (exact) mass is 1270 g/mol. The number of carbonyl (C=O) groups is 10. The maximum absolute atomic E-state index is 14.4. The minimum Gasteiger partial charge on any atom is -0.459 e. The van der Waals surface area contributed by atoms with Crippen LogP contribution in [0.25, 0.3) is 11.1 Å². The number of nitrogens with zero attached hydrogens (tertiary/aromatic N) is 2. The van der Waals surface area contributed by atoms with E-state index in [-0.39, 0.29) is 68.1 Å². The van der Waals surface area contributed by atoms with Crippen LogP contribution in [0, 0.1) is 17.8 Å². The number of ether oxygens (including phenoxy) is 3. The van der Waals surface area contributed by atoms with Gasteiger partial charge in [-0.3, -0.25) is 43.5 Å². The first-order valence-corrected chi connectivity index (χ1v) is 30.3. The van der Waals surface area contributed by atoms with Crippen molar-refractivity contribution in [1.29, 1.82) is 0 Å². The molecule has 500 valence electrons. The van der Waals surface area contributed by atoms with E-state index < -0.39 is 151 Å². The second-order valence-electron chi connectivity index (χ2n) is 24.1. The topological polar surface area (TPSA) is 437 Å². The first-order valence-electron chi connectivity index (χ1n) is 30.3. The van der Waals surface area contributed by atoms with Crippen LogP contribution in [0.2, 0.25) is 0 Å². The van der Waals surface area contributed by atoms with E-state index in [2.05, 4.69) is 42.2 Å². The van der Waals surface area contributed by atoms with E-state index in [4.69, 9.17) is 31.4 Å². The number of hydrogen-bond donors (Lipinski definition) is 13. The van der Waals surface area contributed by atoms with E-state index in [0.29, 0.717) is 5.56 Å². The average Bonchev–Trinajstić information content (AvgIpc) is 1.63. The zero-order valence-corrected chi connectivity index (χ0v) is 53.4. The molecule has 3 aromatic carbocycles. The SMILES string of the molecule is CC[C@H](C)[C@H](NC(=O)[C@@H](CCCN=C(N)N)NC(=O)[C@H](CC(C)C)NC(=O)[C@@H](NC(=O)OC(C)(C)C)[C@H](O)C(C)C)C(=O)N[C@H](C(=O)NCC(=O)N(C(=O)[C@@H](N)CNC(=O)OCC1c2ccccc2-c2ccccc21)[C@@H](CO)C(=O)OCc1ccccc1)[C@H](C)O. The third kappa shape index (κ3) is 22.9. The van der Waals surface area contributed by atoms with Gasteiger partial charge in [-0.1, -0.05) is 127 Å². The lowest BCUT2D eigenvalue weighted by Gasteiger charge is -2.31. The first-order chi connectivity index (χ1) is 42.9. The van der Waals surface area contributed by atoms with Crippen LogP contribution in [0.1, 0.15) is 118 Å². The van der Waals surface area contributed by atoms with Gasteiger partial charge in [0.1, 0.15) is 55.1 Å². The Labute approximate surface area is 530 Å². The van der Waals surface area contributed by atoms with Crippen LogP contribution in [-0.4, -0.2) is 179 Å². The Hall–Kier alpha value is -8.73. The molecule has 1 aliphatic rings. The van der Waals surface area contributed by atoms with E-state index in [1.807, 2.05) is 48.5 Å². The number of imide groups is 1.